The molecule has 0 bridgehead atoms. The molecule has 6 heteroatoms. The Morgan fingerprint density at radius 1 is 1.29 bits per heavy atom. The predicted molar refractivity (Wildman–Crippen MR) is 83.7 cm³/mol. The van der Waals surface area contributed by atoms with Gasteiger partial charge in [0.15, 0.2) is 5.11 Å². The molecule has 5 nitrogen and oxygen atoms in total. The van der Waals surface area contributed by atoms with Crippen LogP contribution in [0.1, 0.15) is 30.1 Å². The molecule has 21 heavy (non-hydrogen) atoms. The van der Waals surface area contributed by atoms with E-state index in [1.54, 1.807) is 14.2 Å². The smallest absolute Gasteiger partial charge is 0.169 e. The molecule has 0 radical (unpaired) electrons. The third-order valence-electron chi connectivity index (χ3n) is 3.98. The van der Waals surface area contributed by atoms with Crippen LogP contribution in [0.15, 0.2) is 12.1 Å². The molecule has 3 rings (SSSR count). The SMILES string of the molecule is COc1ccc(OC)c2c1CN(C(=S)NC1CC1)C[C@@H]2O. The van der Waals surface area contributed by atoms with E-state index in [0.717, 1.165) is 16.9 Å². The molecule has 114 valence electrons. The van der Waals surface area contributed by atoms with Crippen molar-refractivity contribution >= 4 is 17.3 Å². The first-order valence-electron chi connectivity index (χ1n) is 7.11. The van der Waals surface area contributed by atoms with Crippen LogP contribution in [-0.4, -0.2) is 41.9 Å². The van der Waals surface area contributed by atoms with E-state index in [0.29, 0.717) is 30.0 Å². The van der Waals surface area contributed by atoms with E-state index in [4.69, 9.17) is 21.7 Å². The summed E-state index contributed by atoms with van der Waals surface area (Å²) >= 11 is 5.44. The van der Waals surface area contributed by atoms with Gasteiger partial charge in [-0.3, -0.25) is 0 Å². The lowest BCUT2D eigenvalue weighted by molar-refractivity contribution is 0.122. The monoisotopic (exact) mass is 308 g/mol. The number of rotatable bonds is 3. The number of nitrogens with zero attached hydrogens (tertiary/aromatic N) is 1. The first-order valence-corrected chi connectivity index (χ1v) is 7.52. The number of aliphatic hydroxyl groups is 1. The molecular weight excluding hydrogens is 288 g/mol. The minimum atomic E-state index is -0.641. The number of thiocarbonyl (C=S) groups is 1. The van der Waals surface area contributed by atoms with Crippen LogP contribution < -0.4 is 14.8 Å². The summed E-state index contributed by atoms with van der Waals surface area (Å²) in [4.78, 5) is 1.99. The maximum Gasteiger partial charge on any atom is 0.169 e. The van der Waals surface area contributed by atoms with Gasteiger partial charge in [0.25, 0.3) is 0 Å². The molecular formula is C15H20N2O3S. The minimum absolute atomic E-state index is 0.467. The molecule has 1 aliphatic carbocycles. The first-order chi connectivity index (χ1) is 10.1. The highest BCUT2D eigenvalue weighted by Gasteiger charge is 2.32. The highest BCUT2D eigenvalue weighted by Crippen LogP contribution is 2.39. The summed E-state index contributed by atoms with van der Waals surface area (Å²) in [5.74, 6) is 1.45. The van der Waals surface area contributed by atoms with Crippen LogP contribution in [0.5, 0.6) is 11.5 Å². The molecule has 1 heterocycles. The van der Waals surface area contributed by atoms with Crippen LogP contribution in [-0.2, 0) is 6.54 Å². The van der Waals surface area contributed by atoms with E-state index in [9.17, 15) is 5.11 Å². The second kappa shape index (κ2) is 5.69. The van der Waals surface area contributed by atoms with Gasteiger partial charge in [-0.15, -0.1) is 0 Å². The van der Waals surface area contributed by atoms with Crippen molar-refractivity contribution in [3.63, 3.8) is 0 Å². The number of methoxy groups -OCH3 is 2. The van der Waals surface area contributed by atoms with Crippen molar-refractivity contribution < 1.29 is 14.6 Å². The lowest BCUT2D eigenvalue weighted by Crippen LogP contribution is -2.44. The zero-order valence-corrected chi connectivity index (χ0v) is 13.1. The molecule has 1 atom stereocenters. The van der Waals surface area contributed by atoms with Crippen molar-refractivity contribution in [3.8, 4) is 11.5 Å². The Kier molecular flexibility index (Phi) is 3.91. The first kappa shape index (κ1) is 14.4. The average molecular weight is 308 g/mol. The Morgan fingerprint density at radius 3 is 2.57 bits per heavy atom. The van der Waals surface area contributed by atoms with Crippen molar-refractivity contribution in [2.24, 2.45) is 0 Å². The standard InChI is InChI=1S/C15H20N2O3S/c1-19-12-5-6-13(20-2)14-10(12)7-17(8-11(14)18)15(21)16-9-3-4-9/h5-6,9,11,18H,3-4,7-8H2,1-2H3,(H,16,21)/t11-/m0/s1. The largest absolute Gasteiger partial charge is 0.496 e. The van der Waals surface area contributed by atoms with Crippen LogP contribution in [0.2, 0.25) is 0 Å². The van der Waals surface area contributed by atoms with Crippen LogP contribution in [0, 0.1) is 0 Å². The molecule has 0 aromatic heterocycles. The number of nitrogens with one attached hydrogen (secondary N) is 1. The number of benzene rings is 1. The van der Waals surface area contributed by atoms with Gasteiger partial charge >= 0.3 is 0 Å². The summed E-state index contributed by atoms with van der Waals surface area (Å²) in [5, 5.41) is 14.5. The third kappa shape index (κ3) is 2.78. The van der Waals surface area contributed by atoms with Gasteiger partial charge < -0.3 is 24.8 Å². The maximum absolute atomic E-state index is 10.5. The van der Waals surface area contributed by atoms with E-state index in [2.05, 4.69) is 5.32 Å². The van der Waals surface area contributed by atoms with Gasteiger partial charge in [0.05, 0.1) is 20.8 Å². The normalized spacial score (nSPS) is 20.7. The number of aliphatic hydroxyl groups excluding tert-OH is 1. The van der Waals surface area contributed by atoms with Crippen molar-refractivity contribution in [1.29, 1.82) is 0 Å². The number of hydrogen-bond acceptors (Lipinski definition) is 4. The molecule has 2 aliphatic rings. The molecule has 1 aliphatic heterocycles. The fraction of sp³-hybridized carbons (Fsp3) is 0.533. The van der Waals surface area contributed by atoms with Gasteiger partial charge in [0, 0.05) is 23.7 Å². The Labute approximate surface area is 129 Å². The number of hydrogen-bond donors (Lipinski definition) is 2. The summed E-state index contributed by atoms with van der Waals surface area (Å²) in [6, 6.07) is 4.20. The predicted octanol–water partition coefficient (Wildman–Crippen LogP) is 1.59. The second-order valence-electron chi connectivity index (χ2n) is 5.48. The van der Waals surface area contributed by atoms with Gasteiger partial charge in [0.1, 0.15) is 17.6 Å². The molecule has 1 aromatic rings. The van der Waals surface area contributed by atoms with Crippen LogP contribution >= 0.6 is 12.2 Å². The molecule has 1 fully saturated rings. The van der Waals surface area contributed by atoms with E-state index in [1.165, 1.54) is 12.8 Å². The topological polar surface area (TPSA) is 54.0 Å². The quantitative estimate of drug-likeness (QED) is 0.827. The molecule has 0 unspecified atom stereocenters. The Morgan fingerprint density at radius 2 is 1.95 bits per heavy atom. The van der Waals surface area contributed by atoms with E-state index >= 15 is 0 Å². The molecule has 0 amide bonds. The van der Waals surface area contributed by atoms with Gasteiger partial charge in [-0.1, -0.05) is 0 Å². The van der Waals surface area contributed by atoms with E-state index < -0.39 is 6.10 Å². The zero-order valence-electron chi connectivity index (χ0n) is 12.3. The summed E-state index contributed by atoms with van der Waals surface area (Å²) in [6.45, 7) is 1.08. The molecule has 1 aromatic carbocycles. The van der Waals surface area contributed by atoms with Crippen molar-refractivity contribution in [3.05, 3.63) is 23.3 Å². The molecule has 0 saturated heterocycles. The average Bonchev–Trinajstić information content (AvgIpc) is 3.29. The van der Waals surface area contributed by atoms with Crippen LogP contribution in [0.25, 0.3) is 0 Å². The van der Waals surface area contributed by atoms with Gasteiger partial charge in [-0.05, 0) is 37.2 Å². The van der Waals surface area contributed by atoms with E-state index in [-0.39, 0.29) is 0 Å². The van der Waals surface area contributed by atoms with Gasteiger partial charge in [-0.2, -0.15) is 0 Å². The summed E-state index contributed by atoms with van der Waals surface area (Å²) in [7, 11) is 3.24. The van der Waals surface area contributed by atoms with Crippen molar-refractivity contribution in [2.75, 3.05) is 20.8 Å². The highest BCUT2D eigenvalue weighted by molar-refractivity contribution is 7.80. The number of β-amino-alcohol motifs (C(OH)–C–C–N with tert-alkyl or cyclic N) is 1. The zero-order chi connectivity index (χ0) is 15.0. The van der Waals surface area contributed by atoms with Crippen LogP contribution in [0.4, 0.5) is 0 Å². The Bertz CT molecular complexity index is 560. The Balaban J connectivity index is 1.90. The molecule has 1 saturated carbocycles. The fourth-order valence-corrected chi connectivity index (χ4v) is 3.03. The molecule has 0 spiro atoms. The highest BCUT2D eigenvalue weighted by atomic mass is 32.1. The van der Waals surface area contributed by atoms with Gasteiger partial charge in [-0.25, -0.2) is 0 Å². The maximum atomic E-state index is 10.5. The van der Waals surface area contributed by atoms with E-state index in [1.807, 2.05) is 17.0 Å². The Hall–Kier alpha value is -1.53. The van der Waals surface area contributed by atoms with Crippen molar-refractivity contribution in [1.82, 2.24) is 10.2 Å². The summed E-state index contributed by atoms with van der Waals surface area (Å²) < 4.78 is 10.8. The molecule has 2 N–H and O–H groups in total. The summed E-state index contributed by atoms with van der Waals surface area (Å²) in [5.41, 5.74) is 1.75. The van der Waals surface area contributed by atoms with Crippen LogP contribution in [0.3, 0.4) is 0 Å². The fourth-order valence-electron chi connectivity index (χ4n) is 2.72. The third-order valence-corrected chi connectivity index (χ3v) is 4.36. The lowest BCUT2D eigenvalue weighted by atomic mass is 9.95. The van der Waals surface area contributed by atoms with Gasteiger partial charge in [0.2, 0.25) is 0 Å². The van der Waals surface area contributed by atoms with Crippen molar-refractivity contribution in [2.45, 2.75) is 31.5 Å². The number of fused-ring (bicyclic) bond motifs is 1. The minimum Gasteiger partial charge on any atom is -0.496 e. The summed E-state index contributed by atoms with van der Waals surface area (Å²) in [6.07, 6.45) is 1.70. The second-order valence-corrected chi connectivity index (χ2v) is 5.87. The lowest BCUT2D eigenvalue weighted by Gasteiger charge is -2.35. The number of ether oxygens (including phenoxy) is 2.